The van der Waals surface area contributed by atoms with Crippen molar-refractivity contribution in [1.29, 1.82) is 0 Å². The number of nitrogens with zero attached hydrogens (tertiary/aromatic N) is 2. The van der Waals surface area contributed by atoms with Gasteiger partial charge in [-0.25, -0.2) is 13.4 Å². The van der Waals surface area contributed by atoms with Crippen molar-refractivity contribution in [1.82, 2.24) is 9.88 Å². The Hall–Kier alpha value is -2.23. The number of ether oxygens (including phenoxy) is 2. The van der Waals surface area contributed by atoms with Crippen molar-refractivity contribution in [2.24, 2.45) is 0 Å². The number of hydrogen-bond donors (Lipinski definition) is 0. The van der Waals surface area contributed by atoms with E-state index in [4.69, 9.17) is 13.9 Å². The second kappa shape index (κ2) is 10.9. The number of unbranched alkanes of at least 4 members (excludes halogenated alkanes) is 1. The van der Waals surface area contributed by atoms with Gasteiger partial charge < -0.3 is 13.9 Å². The Morgan fingerprint density at radius 2 is 1.87 bits per heavy atom. The lowest BCUT2D eigenvalue weighted by Gasteiger charge is -2.26. The molecule has 0 aliphatic carbocycles. The van der Waals surface area contributed by atoms with E-state index in [2.05, 4.69) is 9.88 Å². The fourth-order valence-electron chi connectivity index (χ4n) is 3.48. The van der Waals surface area contributed by atoms with Crippen molar-refractivity contribution in [2.45, 2.75) is 31.9 Å². The number of sulfone groups is 1. The average Bonchev–Trinajstić information content (AvgIpc) is 3.11. The number of Topliss-reactive ketones (excluding diaryl/α,β-unsaturated/α-hetero) is 1. The van der Waals surface area contributed by atoms with Gasteiger partial charge in [0, 0.05) is 25.1 Å². The summed E-state index contributed by atoms with van der Waals surface area (Å²) in [5.41, 5.74) is 1.06. The van der Waals surface area contributed by atoms with Crippen LogP contribution in [0.2, 0.25) is 0 Å². The molecule has 1 aromatic heterocycles. The molecule has 0 amide bonds. The van der Waals surface area contributed by atoms with Crippen LogP contribution < -0.4 is 4.74 Å². The van der Waals surface area contributed by atoms with Gasteiger partial charge in [-0.1, -0.05) is 0 Å². The minimum Gasteiger partial charge on any atom is -0.497 e. The molecule has 1 aromatic carbocycles. The van der Waals surface area contributed by atoms with Crippen LogP contribution in [0.15, 0.2) is 28.7 Å². The molecule has 170 valence electrons. The fourth-order valence-corrected chi connectivity index (χ4v) is 4.90. The normalized spacial score (nSPS) is 15.2. The van der Waals surface area contributed by atoms with E-state index in [0.717, 1.165) is 44.8 Å². The van der Waals surface area contributed by atoms with Crippen molar-refractivity contribution < 1.29 is 27.1 Å². The number of morpholine rings is 1. The number of aromatic nitrogens is 1. The molecule has 2 heterocycles. The molecule has 0 radical (unpaired) electrons. The summed E-state index contributed by atoms with van der Waals surface area (Å²) in [7, 11) is -2.03. The summed E-state index contributed by atoms with van der Waals surface area (Å²) >= 11 is 0. The van der Waals surface area contributed by atoms with Gasteiger partial charge in [-0.2, -0.15) is 0 Å². The van der Waals surface area contributed by atoms with Crippen LogP contribution in [-0.4, -0.2) is 69.8 Å². The first-order valence-corrected chi connectivity index (χ1v) is 12.3. The van der Waals surface area contributed by atoms with Crippen LogP contribution in [0.4, 0.5) is 0 Å². The molecule has 0 saturated carbocycles. The Labute approximate surface area is 183 Å². The zero-order valence-corrected chi connectivity index (χ0v) is 18.9. The van der Waals surface area contributed by atoms with Crippen LogP contribution in [-0.2, 0) is 25.1 Å². The Morgan fingerprint density at radius 1 is 1.16 bits per heavy atom. The molecular weight excluding hydrogens is 420 g/mol. The zero-order valence-electron chi connectivity index (χ0n) is 18.1. The first-order valence-electron chi connectivity index (χ1n) is 10.5. The third-order valence-electron chi connectivity index (χ3n) is 5.25. The molecule has 9 heteroatoms. The van der Waals surface area contributed by atoms with Gasteiger partial charge in [0.15, 0.2) is 9.84 Å². The van der Waals surface area contributed by atoms with Gasteiger partial charge >= 0.3 is 0 Å². The van der Waals surface area contributed by atoms with Crippen LogP contribution in [0.25, 0.3) is 11.5 Å². The average molecular weight is 451 g/mol. The highest BCUT2D eigenvalue weighted by Crippen LogP contribution is 2.25. The number of hydrogen-bond acceptors (Lipinski definition) is 8. The lowest BCUT2D eigenvalue weighted by Crippen LogP contribution is -2.36. The van der Waals surface area contributed by atoms with Crippen molar-refractivity contribution in [3.05, 3.63) is 35.7 Å². The predicted molar refractivity (Wildman–Crippen MR) is 117 cm³/mol. The van der Waals surface area contributed by atoms with E-state index in [9.17, 15) is 13.2 Å². The minimum atomic E-state index is -3.61. The third kappa shape index (κ3) is 7.15. The number of oxazole rings is 1. The van der Waals surface area contributed by atoms with Crippen molar-refractivity contribution in [3.63, 3.8) is 0 Å². The van der Waals surface area contributed by atoms with Crippen molar-refractivity contribution >= 4 is 15.6 Å². The molecule has 3 rings (SSSR count). The van der Waals surface area contributed by atoms with Crippen LogP contribution in [0.1, 0.15) is 30.7 Å². The van der Waals surface area contributed by atoms with Crippen molar-refractivity contribution in [3.8, 4) is 17.2 Å². The SMILES string of the molecule is COc1ccc(-c2nc(CS(=O)(=O)CC(=O)CCCCN3CCOCC3)c(C)o2)cc1. The summed E-state index contributed by atoms with van der Waals surface area (Å²) in [5, 5.41) is 0. The molecule has 0 atom stereocenters. The van der Waals surface area contributed by atoms with E-state index >= 15 is 0 Å². The lowest BCUT2D eigenvalue weighted by atomic mass is 10.2. The summed E-state index contributed by atoms with van der Waals surface area (Å²) in [6, 6.07) is 7.15. The van der Waals surface area contributed by atoms with Gasteiger partial charge in [0.2, 0.25) is 5.89 Å². The quantitative estimate of drug-likeness (QED) is 0.482. The maximum atomic E-state index is 12.5. The number of benzene rings is 1. The van der Waals surface area contributed by atoms with E-state index < -0.39 is 15.6 Å². The smallest absolute Gasteiger partial charge is 0.226 e. The van der Waals surface area contributed by atoms with Gasteiger partial charge in [-0.15, -0.1) is 0 Å². The third-order valence-corrected chi connectivity index (χ3v) is 6.73. The van der Waals surface area contributed by atoms with Gasteiger partial charge in [0.1, 0.15) is 23.0 Å². The van der Waals surface area contributed by atoms with Crippen LogP contribution in [0, 0.1) is 6.92 Å². The van der Waals surface area contributed by atoms with Gasteiger partial charge in [-0.05, 0) is 50.6 Å². The Kier molecular flexibility index (Phi) is 8.22. The Morgan fingerprint density at radius 3 is 2.55 bits per heavy atom. The molecular formula is C22H30N2O6S. The zero-order chi connectivity index (χ0) is 22.3. The summed E-state index contributed by atoms with van der Waals surface area (Å²) in [4.78, 5) is 18.8. The molecule has 1 fully saturated rings. The number of rotatable bonds is 11. The van der Waals surface area contributed by atoms with Gasteiger partial charge in [0.25, 0.3) is 0 Å². The molecule has 8 nitrogen and oxygen atoms in total. The Balaban J connectivity index is 1.49. The highest BCUT2D eigenvalue weighted by Gasteiger charge is 2.22. The number of methoxy groups -OCH3 is 1. The summed E-state index contributed by atoms with van der Waals surface area (Å²) in [6.07, 6.45) is 1.84. The molecule has 1 aliphatic rings. The van der Waals surface area contributed by atoms with Crippen molar-refractivity contribution in [2.75, 3.05) is 45.7 Å². The molecule has 0 bridgehead atoms. The number of ketones is 1. The second-order valence-electron chi connectivity index (χ2n) is 7.73. The monoisotopic (exact) mass is 450 g/mol. The van der Waals surface area contributed by atoms with Crippen LogP contribution >= 0.6 is 0 Å². The standard InChI is InChI=1S/C22H30N2O6S/c1-17-21(23-22(30-17)18-6-8-20(28-2)9-7-18)16-31(26,27)15-19(25)5-3-4-10-24-11-13-29-14-12-24/h6-9H,3-5,10-16H2,1-2H3. The van der Waals surface area contributed by atoms with Crippen LogP contribution in [0.3, 0.4) is 0 Å². The Bertz CT molecular complexity index is 962. The fraction of sp³-hybridized carbons (Fsp3) is 0.545. The first-order chi connectivity index (χ1) is 14.9. The summed E-state index contributed by atoms with van der Waals surface area (Å²) < 4.78 is 41.2. The lowest BCUT2D eigenvalue weighted by molar-refractivity contribution is -0.116. The van der Waals surface area contributed by atoms with Gasteiger partial charge in [-0.3, -0.25) is 9.69 Å². The molecule has 1 saturated heterocycles. The molecule has 1 aliphatic heterocycles. The van der Waals surface area contributed by atoms with E-state index in [1.807, 2.05) is 0 Å². The highest BCUT2D eigenvalue weighted by atomic mass is 32.2. The van der Waals surface area contributed by atoms with Gasteiger partial charge in [0.05, 0.1) is 31.8 Å². The maximum absolute atomic E-state index is 12.5. The largest absolute Gasteiger partial charge is 0.497 e. The molecule has 31 heavy (non-hydrogen) atoms. The van der Waals surface area contributed by atoms with E-state index in [-0.39, 0.29) is 18.0 Å². The molecule has 0 spiro atoms. The van der Waals surface area contributed by atoms with Crippen LogP contribution in [0.5, 0.6) is 5.75 Å². The highest BCUT2D eigenvalue weighted by molar-refractivity contribution is 7.91. The van der Waals surface area contributed by atoms with E-state index in [1.165, 1.54) is 0 Å². The second-order valence-corrected chi connectivity index (χ2v) is 9.80. The first kappa shape index (κ1) is 23.4. The molecule has 0 N–H and O–H groups in total. The molecule has 2 aromatic rings. The number of carbonyl (C=O) groups is 1. The predicted octanol–water partition coefficient (Wildman–Crippen LogP) is 2.65. The molecule has 0 unspecified atom stereocenters. The number of aryl methyl sites for hydroxylation is 1. The topological polar surface area (TPSA) is 98.9 Å². The van der Waals surface area contributed by atoms with E-state index in [1.54, 1.807) is 38.3 Å². The minimum absolute atomic E-state index is 0.251. The van der Waals surface area contributed by atoms with E-state index in [0.29, 0.717) is 29.5 Å². The number of carbonyl (C=O) groups excluding carboxylic acids is 1. The summed E-state index contributed by atoms with van der Waals surface area (Å²) in [6.45, 7) is 5.92. The summed E-state index contributed by atoms with van der Waals surface area (Å²) in [5.74, 6) is 0.469. The maximum Gasteiger partial charge on any atom is 0.226 e.